The van der Waals surface area contributed by atoms with Crippen molar-refractivity contribution in [1.29, 1.82) is 0 Å². The first-order valence-electron chi connectivity index (χ1n) is 9.48. The third-order valence-electron chi connectivity index (χ3n) is 4.53. The van der Waals surface area contributed by atoms with Crippen LogP contribution in [-0.2, 0) is 6.54 Å². The number of carbonyl (C=O) groups is 1. The molecule has 6 nitrogen and oxygen atoms in total. The van der Waals surface area contributed by atoms with E-state index in [4.69, 9.17) is 4.42 Å². The van der Waals surface area contributed by atoms with Crippen LogP contribution in [0.4, 0.5) is 11.6 Å². The van der Waals surface area contributed by atoms with Crippen LogP contribution in [0.15, 0.2) is 53.4 Å². The number of para-hydroxylation sites is 1. The number of hydrogen-bond acceptors (Lipinski definition) is 5. The van der Waals surface area contributed by atoms with Crippen LogP contribution in [0.25, 0.3) is 0 Å². The number of nitrogens with zero attached hydrogens (tertiary/aromatic N) is 2. The van der Waals surface area contributed by atoms with E-state index < -0.39 is 0 Å². The van der Waals surface area contributed by atoms with Crippen molar-refractivity contribution in [1.82, 2.24) is 15.3 Å². The Morgan fingerprint density at radius 2 is 1.64 bits per heavy atom. The zero-order valence-corrected chi connectivity index (χ0v) is 16.7. The van der Waals surface area contributed by atoms with Gasteiger partial charge in [-0.15, -0.1) is 0 Å². The Balaban J connectivity index is 1.75. The van der Waals surface area contributed by atoms with Crippen molar-refractivity contribution in [3.8, 4) is 0 Å². The summed E-state index contributed by atoms with van der Waals surface area (Å²) < 4.78 is 5.21. The number of carbonyl (C=O) groups excluding carboxylic acids is 1. The summed E-state index contributed by atoms with van der Waals surface area (Å²) in [6, 6.07) is 9.92. The maximum atomic E-state index is 12.2. The second-order valence-corrected chi connectivity index (χ2v) is 7.30. The first-order chi connectivity index (χ1) is 13.5. The van der Waals surface area contributed by atoms with Gasteiger partial charge in [-0.2, -0.15) is 0 Å². The van der Waals surface area contributed by atoms with Crippen LogP contribution in [0.3, 0.4) is 0 Å². The molecule has 2 aromatic heterocycles. The van der Waals surface area contributed by atoms with Crippen molar-refractivity contribution in [2.45, 2.75) is 46.1 Å². The second kappa shape index (κ2) is 8.69. The lowest BCUT2D eigenvalue weighted by atomic mass is 9.93. The van der Waals surface area contributed by atoms with Crippen LogP contribution in [0, 0.1) is 0 Å². The monoisotopic (exact) mass is 378 g/mol. The summed E-state index contributed by atoms with van der Waals surface area (Å²) >= 11 is 0. The van der Waals surface area contributed by atoms with Gasteiger partial charge in [0.15, 0.2) is 0 Å². The lowest BCUT2D eigenvalue weighted by molar-refractivity contribution is 0.0947. The number of hydrogen-bond donors (Lipinski definition) is 2. The summed E-state index contributed by atoms with van der Waals surface area (Å²) in [6.45, 7) is 8.98. The standard InChI is InChI=1S/C22H26N4O2/c1-14(2)18-8-5-9-19(15(3)4)20(18)26-22-24-11-16(12-25-22)21(27)23-13-17-7-6-10-28-17/h5-12,14-15H,13H2,1-4H3,(H,23,27)(H,24,25,26). The maximum Gasteiger partial charge on any atom is 0.254 e. The van der Waals surface area contributed by atoms with Crippen LogP contribution < -0.4 is 10.6 Å². The van der Waals surface area contributed by atoms with Crippen molar-refractivity contribution in [2.75, 3.05) is 5.32 Å². The molecule has 146 valence electrons. The molecule has 6 heteroatoms. The fraction of sp³-hybridized carbons (Fsp3) is 0.318. The third-order valence-corrected chi connectivity index (χ3v) is 4.53. The van der Waals surface area contributed by atoms with Gasteiger partial charge in [0.25, 0.3) is 5.91 Å². The number of aromatic nitrogens is 2. The minimum Gasteiger partial charge on any atom is -0.467 e. The van der Waals surface area contributed by atoms with E-state index in [-0.39, 0.29) is 5.91 Å². The van der Waals surface area contributed by atoms with E-state index in [1.807, 2.05) is 6.07 Å². The lowest BCUT2D eigenvalue weighted by Gasteiger charge is -2.20. The van der Waals surface area contributed by atoms with E-state index in [2.05, 4.69) is 66.5 Å². The Bertz CT molecular complexity index is 890. The highest BCUT2D eigenvalue weighted by atomic mass is 16.3. The normalized spacial score (nSPS) is 11.1. The molecule has 2 N–H and O–H groups in total. The fourth-order valence-corrected chi connectivity index (χ4v) is 3.00. The molecule has 0 aliphatic heterocycles. The summed E-state index contributed by atoms with van der Waals surface area (Å²) in [5, 5.41) is 6.14. The van der Waals surface area contributed by atoms with Crippen LogP contribution >= 0.6 is 0 Å². The highest BCUT2D eigenvalue weighted by Crippen LogP contribution is 2.33. The number of amides is 1. The minimum absolute atomic E-state index is 0.242. The zero-order chi connectivity index (χ0) is 20.1. The molecular formula is C22H26N4O2. The molecule has 0 unspecified atom stereocenters. The average molecular weight is 378 g/mol. The Kier molecular flexibility index (Phi) is 6.09. The van der Waals surface area contributed by atoms with Gasteiger partial charge in [-0.1, -0.05) is 45.9 Å². The van der Waals surface area contributed by atoms with E-state index in [1.165, 1.54) is 23.5 Å². The summed E-state index contributed by atoms with van der Waals surface area (Å²) in [5.74, 6) is 1.66. The SMILES string of the molecule is CC(C)c1cccc(C(C)C)c1Nc1ncc(C(=O)NCc2ccco2)cn1. The minimum atomic E-state index is -0.242. The fourth-order valence-electron chi connectivity index (χ4n) is 3.00. The van der Waals surface area contributed by atoms with E-state index in [0.29, 0.717) is 35.7 Å². The van der Waals surface area contributed by atoms with Crippen molar-refractivity contribution < 1.29 is 9.21 Å². The highest BCUT2D eigenvalue weighted by molar-refractivity contribution is 5.93. The van der Waals surface area contributed by atoms with Crippen LogP contribution in [0.5, 0.6) is 0 Å². The van der Waals surface area contributed by atoms with Gasteiger partial charge >= 0.3 is 0 Å². The quantitative estimate of drug-likeness (QED) is 0.605. The Hall–Kier alpha value is -3.15. The van der Waals surface area contributed by atoms with Gasteiger partial charge in [-0.25, -0.2) is 9.97 Å². The number of anilines is 2. The van der Waals surface area contributed by atoms with Gasteiger partial charge < -0.3 is 15.1 Å². The van der Waals surface area contributed by atoms with Crippen LogP contribution in [0.2, 0.25) is 0 Å². The van der Waals surface area contributed by atoms with Gasteiger partial charge in [-0.3, -0.25) is 4.79 Å². The van der Waals surface area contributed by atoms with E-state index >= 15 is 0 Å². The first-order valence-corrected chi connectivity index (χ1v) is 9.48. The molecule has 0 fully saturated rings. The molecule has 0 bridgehead atoms. The van der Waals surface area contributed by atoms with Crippen molar-refractivity contribution in [3.05, 3.63) is 71.4 Å². The maximum absolute atomic E-state index is 12.2. The number of furan rings is 1. The van der Waals surface area contributed by atoms with Gasteiger partial charge in [-0.05, 0) is 35.1 Å². The smallest absolute Gasteiger partial charge is 0.254 e. The Morgan fingerprint density at radius 1 is 1.00 bits per heavy atom. The van der Waals surface area contributed by atoms with E-state index in [9.17, 15) is 4.79 Å². The molecular weight excluding hydrogens is 352 g/mol. The largest absolute Gasteiger partial charge is 0.467 e. The Morgan fingerprint density at radius 3 is 2.18 bits per heavy atom. The van der Waals surface area contributed by atoms with Gasteiger partial charge in [0.05, 0.1) is 18.4 Å². The zero-order valence-electron chi connectivity index (χ0n) is 16.7. The number of rotatable bonds is 7. The van der Waals surface area contributed by atoms with Gasteiger partial charge in [0, 0.05) is 18.1 Å². The summed E-state index contributed by atoms with van der Waals surface area (Å²) in [5.41, 5.74) is 3.88. The molecule has 1 amide bonds. The number of nitrogens with one attached hydrogen (secondary N) is 2. The molecule has 3 rings (SSSR count). The predicted molar refractivity (Wildman–Crippen MR) is 110 cm³/mol. The molecule has 28 heavy (non-hydrogen) atoms. The molecule has 0 saturated heterocycles. The van der Waals surface area contributed by atoms with Gasteiger partial charge in [0.2, 0.25) is 5.95 Å². The first kappa shape index (κ1) is 19.6. The highest BCUT2D eigenvalue weighted by Gasteiger charge is 2.15. The molecule has 1 aromatic carbocycles. The molecule has 2 heterocycles. The molecule has 0 saturated carbocycles. The number of benzene rings is 1. The molecule has 0 aliphatic rings. The summed E-state index contributed by atoms with van der Waals surface area (Å²) in [4.78, 5) is 20.9. The predicted octanol–water partition coefficient (Wildman–Crippen LogP) is 4.99. The van der Waals surface area contributed by atoms with E-state index in [1.54, 1.807) is 12.3 Å². The molecule has 0 radical (unpaired) electrons. The van der Waals surface area contributed by atoms with Crippen LogP contribution in [-0.4, -0.2) is 15.9 Å². The third kappa shape index (κ3) is 4.57. The average Bonchev–Trinajstić information content (AvgIpc) is 3.20. The second-order valence-electron chi connectivity index (χ2n) is 7.30. The van der Waals surface area contributed by atoms with Crippen molar-refractivity contribution in [3.63, 3.8) is 0 Å². The molecule has 0 spiro atoms. The van der Waals surface area contributed by atoms with Gasteiger partial charge in [0.1, 0.15) is 5.76 Å². The molecule has 3 aromatic rings. The lowest BCUT2D eigenvalue weighted by Crippen LogP contribution is -2.23. The molecule has 0 atom stereocenters. The topological polar surface area (TPSA) is 80.0 Å². The Labute approximate surface area is 165 Å². The van der Waals surface area contributed by atoms with Crippen molar-refractivity contribution >= 4 is 17.5 Å². The molecule has 0 aliphatic carbocycles. The van der Waals surface area contributed by atoms with Crippen LogP contribution in [0.1, 0.15) is 66.8 Å². The summed E-state index contributed by atoms with van der Waals surface area (Å²) in [7, 11) is 0. The van der Waals surface area contributed by atoms with E-state index in [0.717, 1.165) is 5.69 Å². The summed E-state index contributed by atoms with van der Waals surface area (Å²) in [6.07, 6.45) is 4.63. The van der Waals surface area contributed by atoms with Crippen molar-refractivity contribution in [2.24, 2.45) is 0 Å².